The third-order valence-electron chi connectivity index (χ3n) is 2.44. The number of primary amides is 1. The summed E-state index contributed by atoms with van der Waals surface area (Å²) in [6, 6.07) is 6.25. The molecule has 0 aliphatic rings. The molecule has 2 rings (SSSR count). The number of benzene rings is 1. The molecule has 1 aromatic heterocycles. The third-order valence-corrected chi connectivity index (χ3v) is 3.38. The lowest BCUT2D eigenvalue weighted by molar-refractivity contribution is 0.100. The van der Waals surface area contributed by atoms with Gasteiger partial charge in [0.25, 0.3) is 5.56 Å². The van der Waals surface area contributed by atoms with E-state index in [2.05, 4.69) is 9.97 Å². The van der Waals surface area contributed by atoms with Crippen molar-refractivity contribution in [2.45, 2.75) is 10.9 Å². The molecule has 6 nitrogen and oxygen atoms in total. The lowest BCUT2D eigenvalue weighted by atomic mass is 10.1. The number of nitrogens with one attached hydrogen (secondary N) is 1. The smallest absolute Gasteiger partial charge is 0.251 e. The summed E-state index contributed by atoms with van der Waals surface area (Å²) in [7, 11) is 0. The number of aromatic nitrogens is 2. The van der Waals surface area contributed by atoms with Gasteiger partial charge < -0.3 is 16.5 Å². The van der Waals surface area contributed by atoms with Crippen LogP contribution in [-0.4, -0.2) is 15.9 Å². The molecule has 0 unspecified atom stereocenters. The van der Waals surface area contributed by atoms with E-state index < -0.39 is 5.91 Å². The van der Waals surface area contributed by atoms with Crippen LogP contribution in [0.4, 0.5) is 5.69 Å². The summed E-state index contributed by atoms with van der Waals surface area (Å²) in [5.41, 5.74) is 12.5. The van der Waals surface area contributed by atoms with E-state index >= 15 is 0 Å². The van der Waals surface area contributed by atoms with Crippen LogP contribution in [0.15, 0.2) is 40.4 Å². The molecule has 19 heavy (non-hydrogen) atoms. The Morgan fingerprint density at radius 3 is 2.79 bits per heavy atom. The first-order chi connectivity index (χ1) is 9.06. The molecule has 1 aromatic carbocycles. The average Bonchev–Trinajstić information content (AvgIpc) is 2.37. The topological polar surface area (TPSA) is 115 Å². The minimum absolute atomic E-state index is 0.199. The number of H-pyrrole nitrogens is 1. The fourth-order valence-electron chi connectivity index (χ4n) is 1.45. The van der Waals surface area contributed by atoms with Gasteiger partial charge in [-0.3, -0.25) is 9.59 Å². The maximum absolute atomic E-state index is 11.1. The molecule has 0 atom stereocenters. The number of hydrogen-bond acceptors (Lipinski definition) is 5. The van der Waals surface area contributed by atoms with E-state index in [1.807, 2.05) is 0 Å². The van der Waals surface area contributed by atoms with Crippen molar-refractivity contribution in [2.75, 3.05) is 5.73 Å². The number of amides is 1. The number of nitrogens with two attached hydrogens (primary N) is 2. The van der Waals surface area contributed by atoms with E-state index in [9.17, 15) is 9.59 Å². The third kappa shape index (κ3) is 3.35. The zero-order chi connectivity index (χ0) is 13.8. The van der Waals surface area contributed by atoms with Crippen LogP contribution < -0.4 is 17.0 Å². The van der Waals surface area contributed by atoms with Gasteiger partial charge in [0.15, 0.2) is 5.16 Å². The first-order valence-corrected chi connectivity index (χ1v) is 6.41. The lowest BCUT2D eigenvalue weighted by Gasteiger charge is -2.06. The molecule has 0 saturated carbocycles. The number of thioether (sulfide) groups is 1. The summed E-state index contributed by atoms with van der Waals surface area (Å²) in [5.74, 6) is 0.0256. The summed E-state index contributed by atoms with van der Waals surface area (Å²) in [5, 5.41) is 0.519. The Labute approximate surface area is 113 Å². The van der Waals surface area contributed by atoms with Gasteiger partial charge in [-0.15, -0.1) is 0 Å². The summed E-state index contributed by atoms with van der Waals surface area (Å²) in [6.45, 7) is 0. The molecule has 0 aliphatic heterocycles. The Balaban J connectivity index is 2.12. The van der Waals surface area contributed by atoms with E-state index in [-0.39, 0.29) is 5.56 Å². The van der Waals surface area contributed by atoms with Gasteiger partial charge in [0.2, 0.25) is 5.91 Å². The maximum Gasteiger partial charge on any atom is 0.251 e. The number of nitrogen functional groups attached to an aromatic ring is 1. The molecular weight excluding hydrogens is 264 g/mol. The molecule has 0 saturated heterocycles. The van der Waals surface area contributed by atoms with Gasteiger partial charge in [-0.1, -0.05) is 17.8 Å². The molecule has 98 valence electrons. The van der Waals surface area contributed by atoms with Gasteiger partial charge in [0.1, 0.15) is 0 Å². The monoisotopic (exact) mass is 276 g/mol. The van der Waals surface area contributed by atoms with Crippen LogP contribution in [0.25, 0.3) is 0 Å². The second-order valence-corrected chi connectivity index (χ2v) is 4.77. The van der Waals surface area contributed by atoms with Gasteiger partial charge >= 0.3 is 0 Å². The van der Waals surface area contributed by atoms with Crippen LogP contribution >= 0.6 is 11.8 Å². The van der Waals surface area contributed by atoms with E-state index in [0.29, 0.717) is 22.2 Å². The SMILES string of the molecule is NC(=O)c1ccc(CSc2nccc(=O)[nH]2)c(N)c1. The fraction of sp³-hybridized carbons (Fsp3) is 0.0833. The normalized spacial score (nSPS) is 10.3. The second-order valence-electron chi connectivity index (χ2n) is 3.81. The van der Waals surface area contributed by atoms with E-state index in [1.165, 1.54) is 24.0 Å². The molecule has 0 bridgehead atoms. The van der Waals surface area contributed by atoms with Crippen molar-refractivity contribution < 1.29 is 4.79 Å². The molecule has 7 heteroatoms. The van der Waals surface area contributed by atoms with Crippen molar-refractivity contribution in [1.82, 2.24) is 9.97 Å². The minimum atomic E-state index is -0.514. The van der Waals surface area contributed by atoms with Crippen molar-refractivity contribution in [2.24, 2.45) is 5.73 Å². The van der Waals surface area contributed by atoms with Gasteiger partial charge in [-0.05, 0) is 17.7 Å². The molecule has 0 fully saturated rings. The highest BCUT2D eigenvalue weighted by Gasteiger charge is 2.06. The molecule has 0 radical (unpaired) electrons. The quantitative estimate of drug-likeness (QED) is 0.433. The number of carbonyl (C=O) groups is 1. The molecular formula is C12H12N4O2S. The Kier molecular flexibility index (Phi) is 3.86. The van der Waals surface area contributed by atoms with Gasteiger partial charge in [-0.25, -0.2) is 4.98 Å². The van der Waals surface area contributed by atoms with E-state index in [1.54, 1.807) is 18.2 Å². The molecule has 1 amide bonds. The zero-order valence-electron chi connectivity index (χ0n) is 9.92. The number of carbonyl (C=O) groups excluding carboxylic acids is 1. The van der Waals surface area contributed by atoms with Crippen molar-refractivity contribution in [1.29, 1.82) is 0 Å². The molecule has 1 heterocycles. The largest absolute Gasteiger partial charge is 0.398 e. The number of anilines is 1. The molecule has 0 spiro atoms. The fourth-order valence-corrected chi connectivity index (χ4v) is 2.31. The minimum Gasteiger partial charge on any atom is -0.398 e. The van der Waals surface area contributed by atoms with Crippen LogP contribution in [0.2, 0.25) is 0 Å². The highest BCUT2D eigenvalue weighted by molar-refractivity contribution is 7.98. The predicted octanol–water partition coefficient (Wildman–Crippen LogP) is 0.743. The maximum atomic E-state index is 11.1. The summed E-state index contributed by atoms with van der Waals surface area (Å²) < 4.78 is 0. The van der Waals surface area contributed by atoms with E-state index in [0.717, 1.165) is 5.56 Å². The number of nitrogens with zero attached hydrogens (tertiary/aromatic N) is 1. The van der Waals surface area contributed by atoms with Crippen LogP contribution in [0.3, 0.4) is 0 Å². The van der Waals surface area contributed by atoms with Crippen molar-refractivity contribution in [3.63, 3.8) is 0 Å². The summed E-state index contributed by atoms with van der Waals surface area (Å²) >= 11 is 1.35. The highest BCUT2D eigenvalue weighted by Crippen LogP contribution is 2.23. The Morgan fingerprint density at radius 2 is 2.16 bits per heavy atom. The number of rotatable bonds is 4. The van der Waals surface area contributed by atoms with Crippen LogP contribution in [0.1, 0.15) is 15.9 Å². The molecule has 2 aromatic rings. The Morgan fingerprint density at radius 1 is 1.37 bits per heavy atom. The van der Waals surface area contributed by atoms with Gasteiger partial charge in [0.05, 0.1) is 0 Å². The Hall–Kier alpha value is -2.28. The van der Waals surface area contributed by atoms with Crippen molar-refractivity contribution in [3.05, 3.63) is 51.9 Å². The van der Waals surface area contributed by atoms with Gasteiger partial charge in [0, 0.05) is 29.3 Å². The zero-order valence-corrected chi connectivity index (χ0v) is 10.7. The van der Waals surface area contributed by atoms with Crippen LogP contribution in [0.5, 0.6) is 0 Å². The van der Waals surface area contributed by atoms with Crippen molar-refractivity contribution >= 4 is 23.4 Å². The first-order valence-electron chi connectivity index (χ1n) is 5.42. The summed E-state index contributed by atoms with van der Waals surface area (Å²) in [6.07, 6.45) is 1.45. The Bertz CT molecular complexity index is 669. The standard InChI is InChI=1S/C12H12N4O2S/c13-9-5-7(11(14)18)1-2-8(9)6-19-12-15-4-3-10(17)16-12/h1-5H,6,13H2,(H2,14,18)(H,15,16,17). The number of aromatic amines is 1. The number of hydrogen-bond donors (Lipinski definition) is 3. The average molecular weight is 276 g/mol. The van der Waals surface area contributed by atoms with Crippen LogP contribution in [0, 0.1) is 0 Å². The predicted molar refractivity (Wildman–Crippen MR) is 73.8 cm³/mol. The highest BCUT2D eigenvalue weighted by atomic mass is 32.2. The van der Waals surface area contributed by atoms with Gasteiger partial charge in [-0.2, -0.15) is 0 Å². The molecule has 0 aliphatic carbocycles. The van der Waals surface area contributed by atoms with Crippen LogP contribution in [-0.2, 0) is 5.75 Å². The summed E-state index contributed by atoms with van der Waals surface area (Å²) in [4.78, 5) is 28.7. The first kappa shape index (κ1) is 13.2. The van der Waals surface area contributed by atoms with E-state index in [4.69, 9.17) is 11.5 Å². The molecule has 5 N–H and O–H groups in total. The van der Waals surface area contributed by atoms with Crippen molar-refractivity contribution in [3.8, 4) is 0 Å². The second kappa shape index (κ2) is 5.57. The lowest BCUT2D eigenvalue weighted by Crippen LogP contribution is -2.11.